The van der Waals surface area contributed by atoms with Crippen molar-refractivity contribution in [3.63, 3.8) is 0 Å². The summed E-state index contributed by atoms with van der Waals surface area (Å²) in [5, 5.41) is 2.83. The first-order valence-corrected chi connectivity index (χ1v) is 7.89. The number of alkyl halides is 1. The van der Waals surface area contributed by atoms with Crippen LogP contribution in [0.5, 0.6) is 0 Å². The van der Waals surface area contributed by atoms with Crippen LogP contribution in [0.3, 0.4) is 0 Å². The Bertz CT molecular complexity index is 625. The van der Waals surface area contributed by atoms with Gasteiger partial charge in [0.1, 0.15) is 0 Å². The maximum absolute atomic E-state index is 6.73. The highest BCUT2D eigenvalue weighted by molar-refractivity contribution is 6.21. The van der Waals surface area contributed by atoms with Crippen LogP contribution in [0.2, 0.25) is 0 Å². The summed E-state index contributed by atoms with van der Waals surface area (Å²) in [6.07, 6.45) is 0.962. The van der Waals surface area contributed by atoms with Crippen LogP contribution in [-0.4, -0.2) is 5.38 Å². The molecule has 0 saturated heterocycles. The average molecular weight is 287 g/mol. The van der Waals surface area contributed by atoms with Crippen molar-refractivity contribution in [3.05, 3.63) is 48.0 Å². The zero-order valence-electron chi connectivity index (χ0n) is 12.8. The summed E-state index contributed by atoms with van der Waals surface area (Å²) < 4.78 is 0. The lowest BCUT2D eigenvalue weighted by atomic mass is 9.99. The van der Waals surface area contributed by atoms with E-state index >= 15 is 0 Å². The molecular weight excluding hydrogens is 264 g/mol. The van der Waals surface area contributed by atoms with Crippen molar-refractivity contribution in [2.75, 3.05) is 0 Å². The summed E-state index contributed by atoms with van der Waals surface area (Å²) in [4.78, 5) is 0. The fraction of sp³-hybridized carbons (Fsp3) is 0.474. The smallest absolute Gasteiger partial charge is 0.0415 e. The molecule has 0 radical (unpaired) electrons. The lowest BCUT2D eigenvalue weighted by Gasteiger charge is -2.12. The van der Waals surface area contributed by atoms with E-state index in [1.807, 2.05) is 0 Å². The van der Waals surface area contributed by atoms with E-state index in [4.69, 9.17) is 11.6 Å². The molecule has 0 N–H and O–H groups in total. The molecule has 1 heteroatoms. The van der Waals surface area contributed by atoms with E-state index < -0.39 is 0 Å². The quantitative estimate of drug-likeness (QED) is 0.638. The maximum Gasteiger partial charge on any atom is 0.0415 e. The van der Waals surface area contributed by atoms with Gasteiger partial charge in [0.15, 0.2) is 0 Å². The Hall–Kier alpha value is -1.01. The Labute approximate surface area is 127 Å². The van der Waals surface area contributed by atoms with Gasteiger partial charge in [-0.25, -0.2) is 0 Å². The molecule has 0 bridgehead atoms. The van der Waals surface area contributed by atoms with Crippen molar-refractivity contribution >= 4 is 22.4 Å². The summed E-state index contributed by atoms with van der Waals surface area (Å²) in [6, 6.07) is 15.2. The first-order valence-electron chi connectivity index (χ1n) is 7.46. The Morgan fingerprint density at radius 1 is 0.950 bits per heavy atom. The largest absolute Gasteiger partial charge is 0.122 e. The van der Waals surface area contributed by atoms with E-state index in [9.17, 15) is 0 Å². The normalized spacial score (nSPS) is 21.9. The van der Waals surface area contributed by atoms with Gasteiger partial charge in [0, 0.05) is 5.38 Å². The molecule has 0 aromatic heterocycles. The Morgan fingerprint density at radius 2 is 1.55 bits per heavy atom. The molecule has 1 aliphatic carbocycles. The molecule has 1 saturated carbocycles. The Kier molecular flexibility index (Phi) is 3.14. The standard InChI is InChI=1S/C19H23Cl/c1-18(2)17(19(18,3)4)16(20)12-13-9-10-14-7-5-6-8-15(14)11-13/h5-11,16-17H,12H2,1-4H3. The number of fused-ring (bicyclic) bond motifs is 1. The van der Waals surface area contributed by atoms with Gasteiger partial charge in [-0.2, -0.15) is 0 Å². The number of rotatable bonds is 3. The van der Waals surface area contributed by atoms with Crippen LogP contribution in [-0.2, 0) is 6.42 Å². The third-order valence-electron chi connectivity index (χ3n) is 5.74. The van der Waals surface area contributed by atoms with Gasteiger partial charge in [0.25, 0.3) is 0 Å². The maximum atomic E-state index is 6.73. The molecule has 1 aliphatic rings. The third kappa shape index (κ3) is 2.05. The number of halogens is 1. The molecule has 0 spiro atoms. The predicted octanol–water partition coefficient (Wildman–Crippen LogP) is 5.67. The molecule has 2 aromatic rings. The van der Waals surface area contributed by atoms with E-state index in [1.54, 1.807) is 0 Å². The van der Waals surface area contributed by atoms with Crippen molar-refractivity contribution in [2.24, 2.45) is 16.7 Å². The monoisotopic (exact) mass is 286 g/mol. The summed E-state index contributed by atoms with van der Waals surface area (Å²) >= 11 is 6.73. The van der Waals surface area contributed by atoms with Gasteiger partial charge < -0.3 is 0 Å². The van der Waals surface area contributed by atoms with Gasteiger partial charge in [0.2, 0.25) is 0 Å². The predicted molar refractivity (Wildman–Crippen MR) is 88.3 cm³/mol. The number of hydrogen-bond donors (Lipinski definition) is 0. The first kappa shape index (κ1) is 13.9. The molecule has 0 amide bonds. The van der Waals surface area contributed by atoms with Gasteiger partial charge in [-0.1, -0.05) is 70.2 Å². The summed E-state index contributed by atoms with van der Waals surface area (Å²) in [5.74, 6) is 0.600. The molecule has 2 aromatic carbocycles. The minimum Gasteiger partial charge on any atom is -0.122 e. The SMILES string of the molecule is CC1(C)C(C(Cl)Cc2ccc3ccccc3c2)C1(C)C. The highest BCUT2D eigenvalue weighted by atomic mass is 35.5. The zero-order valence-corrected chi connectivity index (χ0v) is 13.5. The lowest BCUT2D eigenvalue weighted by molar-refractivity contribution is 0.457. The second-order valence-corrected chi connectivity index (χ2v) is 7.88. The van der Waals surface area contributed by atoms with Gasteiger partial charge in [-0.3, -0.25) is 0 Å². The number of benzene rings is 2. The Morgan fingerprint density at radius 3 is 2.15 bits per heavy atom. The van der Waals surface area contributed by atoms with Crippen molar-refractivity contribution < 1.29 is 0 Å². The average Bonchev–Trinajstić information content (AvgIpc) is 2.79. The minimum absolute atomic E-state index is 0.223. The number of hydrogen-bond acceptors (Lipinski definition) is 0. The summed E-state index contributed by atoms with van der Waals surface area (Å²) in [6.45, 7) is 9.36. The van der Waals surface area contributed by atoms with Crippen LogP contribution in [0.25, 0.3) is 10.8 Å². The van der Waals surface area contributed by atoms with Crippen LogP contribution >= 0.6 is 11.6 Å². The molecule has 1 fully saturated rings. The van der Waals surface area contributed by atoms with Crippen LogP contribution in [0, 0.1) is 16.7 Å². The van der Waals surface area contributed by atoms with Crippen molar-refractivity contribution in [2.45, 2.75) is 39.5 Å². The first-order chi connectivity index (χ1) is 9.34. The van der Waals surface area contributed by atoms with Crippen molar-refractivity contribution in [1.82, 2.24) is 0 Å². The van der Waals surface area contributed by atoms with E-state index in [1.165, 1.54) is 16.3 Å². The second-order valence-electron chi connectivity index (χ2n) is 7.32. The van der Waals surface area contributed by atoms with Gasteiger partial charge in [-0.05, 0) is 39.5 Å². The summed E-state index contributed by atoms with van der Waals surface area (Å²) in [5.41, 5.74) is 2.06. The molecule has 0 heterocycles. The van der Waals surface area contributed by atoms with Crippen LogP contribution in [0.15, 0.2) is 42.5 Å². The molecule has 0 nitrogen and oxygen atoms in total. The molecule has 1 unspecified atom stereocenters. The summed E-state index contributed by atoms with van der Waals surface area (Å²) in [7, 11) is 0. The van der Waals surface area contributed by atoms with E-state index in [0.717, 1.165) is 6.42 Å². The molecule has 3 rings (SSSR count). The molecular formula is C19H23Cl. The van der Waals surface area contributed by atoms with Gasteiger partial charge in [-0.15, -0.1) is 11.6 Å². The lowest BCUT2D eigenvalue weighted by Crippen LogP contribution is -2.11. The zero-order chi connectivity index (χ0) is 14.5. The molecule has 20 heavy (non-hydrogen) atoms. The van der Waals surface area contributed by atoms with E-state index in [0.29, 0.717) is 16.7 Å². The van der Waals surface area contributed by atoms with Crippen molar-refractivity contribution in [3.8, 4) is 0 Å². The highest BCUT2D eigenvalue weighted by Gasteiger charge is 2.66. The fourth-order valence-corrected chi connectivity index (χ4v) is 4.67. The van der Waals surface area contributed by atoms with Crippen LogP contribution < -0.4 is 0 Å². The van der Waals surface area contributed by atoms with Crippen LogP contribution in [0.1, 0.15) is 33.3 Å². The van der Waals surface area contributed by atoms with Crippen molar-refractivity contribution in [1.29, 1.82) is 0 Å². The third-order valence-corrected chi connectivity index (χ3v) is 6.14. The fourth-order valence-electron chi connectivity index (χ4n) is 3.86. The highest BCUT2D eigenvalue weighted by Crippen LogP contribution is 2.70. The second kappa shape index (κ2) is 4.49. The molecule has 106 valence electrons. The van der Waals surface area contributed by atoms with E-state index in [-0.39, 0.29) is 5.38 Å². The molecule has 1 atom stereocenters. The topological polar surface area (TPSA) is 0 Å². The Balaban J connectivity index is 1.80. The van der Waals surface area contributed by atoms with Gasteiger partial charge in [0.05, 0.1) is 0 Å². The van der Waals surface area contributed by atoms with E-state index in [2.05, 4.69) is 70.2 Å². The van der Waals surface area contributed by atoms with Crippen LogP contribution in [0.4, 0.5) is 0 Å². The molecule has 0 aliphatic heterocycles. The minimum atomic E-state index is 0.223. The van der Waals surface area contributed by atoms with Gasteiger partial charge >= 0.3 is 0 Å².